The fraction of sp³-hybridized carbons (Fsp3) is 0.265. The van der Waals surface area contributed by atoms with Gasteiger partial charge in [0.1, 0.15) is 29.0 Å². The Kier molecular flexibility index (Phi) is 11.2. The molecule has 0 saturated carbocycles. The number of benzene rings is 4. The molecule has 9 nitrogen and oxygen atoms in total. The van der Waals surface area contributed by atoms with E-state index in [0.717, 1.165) is 47.1 Å². The number of fused-ring (bicyclic) bond motifs is 1. The maximum Gasteiger partial charge on any atom is 0.327 e. The quantitative estimate of drug-likeness (QED) is 0.172. The van der Waals surface area contributed by atoms with E-state index < -0.39 is 22.0 Å². The van der Waals surface area contributed by atoms with E-state index >= 15 is 0 Å². The van der Waals surface area contributed by atoms with Crippen LogP contribution in [0.15, 0.2) is 102 Å². The summed E-state index contributed by atoms with van der Waals surface area (Å²) < 4.78 is 45.7. The van der Waals surface area contributed by atoms with Crippen molar-refractivity contribution >= 4 is 21.7 Å². The molecule has 0 unspecified atom stereocenters. The first kappa shape index (κ1) is 32.4. The van der Waals surface area contributed by atoms with Gasteiger partial charge in [0.15, 0.2) is 0 Å². The summed E-state index contributed by atoms with van der Waals surface area (Å²) in [7, 11) is -3.08. The Balaban J connectivity index is 0.00000216. The molecule has 0 aromatic heterocycles. The smallest absolute Gasteiger partial charge is 0.327 e. The molecule has 0 aliphatic carbocycles. The Morgan fingerprint density at radius 2 is 1.50 bits per heavy atom. The molecule has 1 atom stereocenters. The highest BCUT2D eigenvalue weighted by atomic mass is 32.2. The number of carboxylic acid groups (broad SMARTS) is 1. The molecule has 0 radical (unpaired) electrons. The summed E-state index contributed by atoms with van der Waals surface area (Å²) >= 11 is 0. The second-order valence-corrected chi connectivity index (χ2v) is 11.8. The lowest BCUT2D eigenvalue weighted by molar-refractivity contribution is -0.138. The topological polar surface area (TPSA) is 123 Å². The normalized spacial score (nSPS) is 13.8. The van der Waals surface area contributed by atoms with Gasteiger partial charge in [-0.05, 0) is 78.2 Å². The zero-order valence-corrected chi connectivity index (χ0v) is 25.6. The predicted molar refractivity (Wildman–Crippen MR) is 168 cm³/mol. The van der Waals surface area contributed by atoms with Crippen LogP contribution >= 0.6 is 0 Å². The summed E-state index contributed by atoms with van der Waals surface area (Å²) in [5, 5.41) is 16.7. The van der Waals surface area contributed by atoms with Gasteiger partial charge < -0.3 is 24.4 Å². The van der Waals surface area contributed by atoms with Crippen LogP contribution in [-0.4, -0.2) is 51.0 Å². The number of aliphatic hydroxyl groups is 1. The first-order chi connectivity index (χ1) is 21.4. The maximum atomic E-state index is 13.4. The van der Waals surface area contributed by atoms with Crippen molar-refractivity contribution in [1.29, 1.82) is 0 Å². The Morgan fingerprint density at radius 1 is 0.841 bits per heavy atom. The van der Waals surface area contributed by atoms with Crippen molar-refractivity contribution in [3.63, 3.8) is 0 Å². The number of rotatable bonds is 13. The lowest BCUT2D eigenvalue weighted by Gasteiger charge is -2.24. The molecule has 232 valence electrons. The van der Waals surface area contributed by atoms with Crippen LogP contribution < -0.4 is 18.5 Å². The van der Waals surface area contributed by atoms with Crippen molar-refractivity contribution in [2.45, 2.75) is 43.5 Å². The van der Waals surface area contributed by atoms with Gasteiger partial charge in [0.05, 0.1) is 23.8 Å². The van der Waals surface area contributed by atoms with E-state index in [2.05, 4.69) is 6.92 Å². The third kappa shape index (κ3) is 7.69. The minimum absolute atomic E-state index is 0.00396. The number of ether oxygens (including phenoxy) is 3. The minimum atomic E-state index is -4.08. The number of para-hydroxylation sites is 2. The van der Waals surface area contributed by atoms with E-state index in [0.29, 0.717) is 36.6 Å². The lowest BCUT2D eigenvalue weighted by Crippen LogP contribution is -2.42. The standard InChI is InChI=1S/C33H33NO7S.CH4O/c1-2-9-25-22-28(41-27-11-4-3-5-12-27)16-19-32(25)40-21-8-20-39-26-14-17-29(18-15-26)42(37,38)34-30-13-7-6-10-24(30)23-31(34)33(35)36;1-2/h3-7,10-19,22,31H,2,8-9,20-21,23H2,1H3,(H,35,36);2H,1H3/t31-;/m1./s1. The van der Waals surface area contributed by atoms with E-state index in [1.807, 2.05) is 48.5 Å². The molecular formula is C34H37NO8S. The molecule has 44 heavy (non-hydrogen) atoms. The SMILES string of the molecule is CCCc1cc(Oc2ccccc2)ccc1OCCCOc1ccc(S(=O)(=O)N2c3ccccc3C[C@@H]2C(=O)O)cc1.CO. The summed E-state index contributed by atoms with van der Waals surface area (Å²) in [5.74, 6) is 1.69. The van der Waals surface area contributed by atoms with Gasteiger partial charge in [0.2, 0.25) is 0 Å². The molecule has 0 saturated heterocycles. The van der Waals surface area contributed by atoms with Gasteiger partial charge in [-0.1, -0.05) is 49.7 Å². The van der Waals surface area contributed by atoms with Crippen LogP contribution in [-0.2, 0) is 27.7 Å². The van der Waals surface area contributed by atoms with Crippen molar-refractivity contribution < 1.29 is 37.6 Å². The van der Waals surface area contributed by atoms with Crippen LogP contribution in [0.25, 0.3) is 0 Å². The number of carbonyl (C=O) groups is 1. The van der Waals surface area contributed by atoms with Crippen LogP contribution in [0.4, 0.5) is 5.69 Å². The van der Waals surface area contributed by atoms with Crippen molar-refractivity contribution in [1.82, 2.24) is 0 Å². The molecule has 1 heterocycles. The second-order valence-electron chi connectivity index (χ2n) is 9.94. The van der Waals surface area contributed by atoms with Gasteiger partial charge in [-0.25, -0.2) is 13.2 Å². The number of hydrogen-bond acceptors (Lipinski definition) is 7. The Labute approximate surface area is 258 Å². The maximum absolute atomic E-state index is 13.4. The van der Waals surface area contributed by atoms with Crippen LogP contribution in [0, 0.1) is 0 Å². The largest absolute Gasteiger partial charge is 0.493 e. The number of hydrogen-bond donors (Lipinski definition) is 2. The first-order valence-electron chi connectivity index (χ1n) is 14.4. The molecule has 0 spiro atoms. The Hall–Kier alpha value is -4.54. The van der Waals surface area contributed by atoms with Gasteiger partial charge in [0, 0.05) is 20.0 Å². The van der Waals surface area contributed by atoms with Gasteiger partial charge in [0.25, 0.3) is 10.0 Å². The number of nitrogens with zero attached hydrogens (tertiary/aromatic N) is 1. The summed E-state index contributed by atoms with van der Waals surface area (Å²) in [6, 6.07) is 27.2. The predicted octanol–water partition coefficient (Wildman–Crippen LogP) is 6.09. The molecule has 4 aromatic carbocycles. The zero-order valence-electron chi connectivity index (χ0n) is 24.8. The Bertz CT molecular complexity index is 1630. The highest BCUT2D eigenvalue weighted by Crippen LogP contribution is 2.37. The highest BCUT2D eigenvalue weighted by molar-refractivity contribution is 7.93. The number of carboxylic acids is 1. The highest BCUT2D eigenvalue weighted by Gasteiger charge is 2.42. The van der Waals surface area contributed by atoms with Gasteiger partial charge in [-0.15, -0.1) is 0 Å². The monoisotopic (exact) mass is 619 g/mol. The van der Waals surface area contributed by atoms with Crippen LogP contribution in [0.2, 0.25) is 0 Å². The molecule has 0 fully saturated rings. The van der Waals surface area contributed by atoms with Crippen LogP contribution in [0.3, 0.4) is 0 Å². The number of anilines is 1. The van der Waals surface area contributed by atoms with Crippen LogP contribution in [0.5, 0.6) is 23.0 Å². The molecule has 2 N–H and O–H groups in total. The van der Waals surface area contributed by atoms with Crippen molar-refractivity contribution in [3.05, 3.63) is 108 Å². The van der Waals surface area contributed by atoms with E-state index in [4.69, 9.17) is 19.3 Å². The summed E-state index contributed by atoms with van der Waals surface area (Å²) in [6.45, 7) is 2.95. The summed E-state index contributed by atoms with van der Waals surface area (Å²) in [5.41, 5.74) is 2.16. The number of aliphatic hydroxyl groups excluding tert-OH is 1. The van der Waals surface area contributed by atoms with Gasteiger partial charge in [-0.2, -0.15) is 0 Å². The molecule has 5 rings (SSSR count). The molecule has 1 aliphatic heterocycles. The molecule has 4 aromatic rings. The molecule has 10 heteroatoms. The summed E-state index contributed by atoms with van der Waals surface area (Å²) in [4.78, 5) is 11.9. The number of sulfonamides is 1. The lowest BCUT2D eigenvalue weighted by atomic mass is 10.1. The van der Waals surface area contributed by atoms with E-state index in [-0.39, 0.29) is 11.3 Å². The molecule has 0 bridgehead atoms. The first-order valence-corrected chi connectivity index (χ1v) is 15.8. The van der Waals surface area contributed by atoms with Crippen molar-refractivity contribution in [3.8, 4) is 23.0 Å². The van der Waals surface area contributed by atoms with Gasteiger partial charge in [-0.3, -0.25) is 4.31 Å². The van der Waals surface area contributed by atoms with Crippen molar-refractivity contribution in [2.75, 3.05) is 24.6 Å². The summed E-state index contributed by atoms with van der Waals surface area (Å²) in [6.07, 6.45) is 2.59. The Morgan fingerprint density at radius 3 is 2.20 bits per heavy atom. The van der Waals surface area contributed by atoms with E-state index in [1.165, 1.54) is 12.1 Å². The third-order valence-corrected chi connectivity index (χ3v) is 8.77. The number of aryl methyl sites for hydroxylation is 1. The second kappa shape index (κ2) is 15.3. The van der Waals surface area contributed by atoms with E-state index in [9.17, 15) is 18.3 Å². The molecule has 1 aliphatic rings. The fourth-order valence-electron chi connectivity index (χ4n) is 4.94. The molecular weight excluding hydrogens is 582 g/mol. The van der Waals surface area contributed by atoms with E-state index in [1.54, 1.807) is 36.4 Å². The molecule has 0 amide bonds. The van der Waals surface area contributed by atoms with Crippen LogP contribution in [0.1, 0.15) is 30.9 Å². The fourth-order valence-corrected chi connectivity index (χ4v) is 6.59. The average Bonchev–Trinajstić information content (AvgIpc) is 3.45. The zero-order chi connectivity index (χ0) is 31.5. The number of aliphatic carboxylic acids is 1. The van der Waals surface area contributed by atoms with Gasteiger partial charge >= 0.3 is 5.97 Å². The average molecular weight is 620 g/mol. The minimum Gasteiger partial charge on any atom is -0.493 e. The van der Waals surface area contributed by atoms with Crippen molar-refractivity contribution in [2.24, 2.45) is 0 Å². The third-order valence-electron chi connectivity index (χ3n) is 6.94.